The molecule has 32 heavy (non-hydrogen) atoms. The Bertz CT molecular complexity index is 1140. The number of hydrogen-bond acceptors (Lipinski definition) is 6. The van der Waals surface area contributed by atoms with Crippen molar-refractivity contribution >= 4 is 21.6 Å². The number of ether oxygens (including phenoxy) is 1. The first-order valence-electron chi connectivity index (χ1n) is 9.58. The number of alkyl halides is 3. The zero-order valence-electron chi connectivity index (χ0n) is 17.3. The molecule has 1 fully saturated rings. The Morgan fingerprint density at radius 1 is 1.28 bits per heavy atom. The van der Waals surface area contributed by atoms with Gasteiger partial charge in [0.1, 0.15) is 18.1 Å². The number of aromatic nitrogens is 3. The molecule has 3 rings (SSSR count). The standard InChI is InChI=1S/C18H22F3N5O5S/c1-24-16(12-4-3-9-25(10-12)32(2,29)30)23-26(17(24)28)11-15(27)22-13-5-7-14(8-6-13)31-18(19,20)21/h5-8,12H,3-4,9-11H2,1-2H3,(H,22,27). The van der Waals surface area contributed by atoms with E-state index in [2.05, 4.69) is 15.2 Å². The van der Waals surface area contributed by atoms with E-state index in [4.69, 9.17) is 0 Å². The molecule has 1 aliphatic rings. The quantitative estimate of drug-likeness (QED) is 0.670. The highest BCUT2D eigenvalue weighted by atomic mass is 32.2. The van der Waals surface area contributed by atoms with Crippen LogP contribution >= 0.6 is 0 Å². The second kappa shape index (κ2) is 8.94. The van der Waals surface area contributed by atoms with Gasteiger partial charge >= 0.3 is 12.1 Å². The molecule has 1 unspecified atom stereocenters. The van der Waals surface area contributed by atoms with Gasteiger partial charge in [-0.05, 0) is 37.1 Å². The smallest absolute Gasteiger partial charge is 0.406 e. The number of anilines is 1. The van der Waals surface area contributed by atoms with E-state index < -0.39 is 40.3 Å². The number of carbonyl (C=O) groups excluding carboxylic acids is 1. The largest absolute Gasteiger partial charge is 0.573 e. The second-order valence-corrected chi connectivity index (χ2v) is 9.42. The summed E-state index contributed by atoms with van der Waals surface area (Å²) in [6.07, 6.45) is -2.43. The van der Waals surface area contributed by atoms with E-state index in [9.17, 15) is 31.2 Å². The molecule has 2 heterocycles. The molecule has 0 bridgehead atoms. The first kappa shape index (κ1) is 23.8. The Kier molecular flexibility index (Phi) is 6.64. The van der Waals surface area contributed by atoms with Gasteiger partial charge in [-0.25, -0.2) is 22.2 Å². The molecule has 1 aromatic carbocycles. The minimum absolute atomic E-state index is 0.196. The molecular formula is C18H22F3N5O5S. The lowest BCUT2D eigenvalue weighted by molar-refractivity contribution is -0.274. The van der Waals surface area contributed by atoms with Crippen LogP contribution in [0.4, 0.5) is 18.9 Å². The van der Waals surface area contributed by atoms with Gasteiger partial charge in [-0.3, -0.25) is 9.36 Å². The van der Waals surface area contributed by atoms with Crippen LogP contribution in [0.3, 0.4) is 0 Å². The number of sulfonamides is 1. The van der Waals surface area contributed by atoms with E-state index in [1.54, 1.807) is 0 Å². The molecule has 0 spiro atoms. The van der Waals surface area contributed by atoms with E-state index >= 15 is 0 Å². The maximum atomic E-state index is 12.5. The van der Waals surface area contributed by atoms with Gasteiger partial charge in [0, 0.05) is 31.7 Å². The van der Waals surface area contributed by atoms with Crippen LogP contribution in [0.5, 0.6) is 5.75 Å². The molecule has 1 amide bonds. The number of amides is 1. The number of nitrogens with zero attached hydrogens (tertiary/aromatic N) is 4. The molecule has 14 heteroatoms. The first-order valence-corrected chi connectivity index (χ1v) is 11.4. The zero-order chi connectivity index (χ0) is 23.7. The van der Waals surface area contributed by atoms with Gasteiger partial charge in [0.05, 0.1) is 6.26 Å². The summed E-state index contributed by atoms with van der Waals surface area (Å²) in [5.41, 5.74) is -0.328. The van der Waals surface area contributed by atoms with Crippen LogP contribution in [0.25, 0.3) is 0 Å². The summed E-state index contributed by atoms with van der Waals surface area (Å²) in [7, 11) is -1.88. The van der Waals surface area contributed by atoms with Crippen molar-refractivity contribution in [2.45, 2.75) is 31.7 Å². The van der Waals surface area contributed by atoms with E-state index in [0.717, 1.165) is 23.1 Å². The summed E-state index contributed by atoms with van der Waals surface area (Å²) in [6.45, 7) is 0.177. The topological polar surface area (TPSA) is 116 Å². The summed E-state index contributed by atoms with van der Waals surface area (Å²) in [5, 5.41) is 6.70. The molecule has 1 aliphatic heterocycles. The molecule has 0 saturated carbocycles. The lowest BCUT2D eigenvalue weighted by atomic mass is 9.99. The van der Waals surface area contributed by atoms with Gasteiger partial charge in [0.25, 0.3) is 0 Å². The van der Waals surface area contributed by atoms with E-state index in [0.29, 0.717) is 25.2 Å². The fraction of sp³-hybridized carbons (Fsp3) is 0.500. The van der Waals surface area contributed by atoms with E-state index in [-0.39, 0.29) is 18.2 Å². The highest BCUT2D eigenvalue weighted by Gasteiger charge is 2.31. The van der Waals surface area contributed by atoms with Crippen LogP contribution < -0.4 is 15.7 Å². The molecule has 1 aromatic heterocycles. The van der Waals surface area contributed by atoms with Crippen molar-refractivity contribution in [2.75, 3.05) is 24.7 Å². The molecule has 176 valence electrons. The predicted molar refractivity (Wildman–Crippen MR) is 108 cm³/mol. The highest BCUT2D eigenvalue weighted by Crippen LogP contribution is 2.26. The number of nitrogens with one attached hydrogen (secondary N) is 1. The van der Waals surface area contributed by atoms with Crippen LogP contribution in [0, 0.1) is 0 Å². The Morgan fingerprint density at radius 2 is 1.94 bits per heavy atom. The minimum Gasteiger partial charge on any atom is -0.406 e. The average Bonchev–Trinajstić information content (AvgIpc) is 2.96. The molecular weight excluding hydrogens is 455 g/mol. The summed E-state index contributed by atoms with van der Waals surface area (Å²) in [4.78, 5) is 24.8. The normalized spacial score (nSPS) is 17.8. The van der Waals surface area contributed by atoms with Gasteiger partial charge in [-0.15, -0.1) is 13.2 Å². The van der Waals surface area contributed by atoms with Crippen molar-refractivity contribution in [2.24, 2.45) is 7.05 Å². The third-order valence-corrected chi connectivity index (χ3v) is 6.23. The van der Waals surface area contributed by atoms with Crippen molar-refractivity contribution in [1.29, 1.82) is 0 Å². The third kappa shape index (κ3) is 5.88. The molecule has 1 atom stereocenters. The highest BCUT2D eigenvalue weighted by molar-refractivity contribution is 7.88. The summed E-state index contributed by atoms with van der Waals surface area (Å²) in [6, 6.07) is 4.55. The predicted octanol–water partition coefficient (Wildman–Crippen LogP) is 1.26. The van der Waals surface area contributed by atoms with Crippen molar-refractivity contribution in [3.63, 3.8) is 0 Å². The summed E-state index contributed by atoms with van der Waals surface area (Å²) < 4.78 is 67.7. The van der Waals surface area contributed by atoms with Crippen LogP contribution in [-0.4, -0.2) is 58.7 Å². The molecule has 0 radical (unpaired) electrons. The number of carbonyl (C=O) groups is 1. The molecule has 1 saturated heterocycles. The third-order valence-electron chi connectivity index (χ3n) is 4.96. The lowest BCUT2D eigenvalue weighted by Crippen LogP contribution is -2.39. The number of halogens is 3. The van der Waals surface area contributed by atoms with Gasteiger partial charge in [-0.1, -0.05) is 0 Å². The van der Waals surface area contributed by atoms with Crippen molar-refractivity contribution in [3.05, 3.63) is 40.6 Å². The van der Waals surface area contributed by atoms with Crippen LogP contribution in [0.15, 0.2) is 29.1 Å². The SMILES string of the molecule is Cn1c(C2CCCN(S(C)(=O)=O)C2)nn(CC(=O)Nc2ccc(OC(F)(F)F)cc2)c1=O. The Labute approximate surface area is 181 Å². The monoisotopic (exact) mass is 477 g/mol. The zero-order valence-corrected chi connectivity index (χ0v) is 18.1. The van der Waals surface area contributed by atoms with Crippen molar-refractivity contribution < 1.29 is 31.1 Å². The fourth-order valence-electron chi connectivity index (χ4n) is 3.49. The van der Waals surface area contributed by atoms with Gasteiger partial charge < -0.3 is 10.1 Å². The lowest BCUT2D eigenvalue weighted by Gasteiger charge is -2.30. The maximum Gasteiger partial charge on any atom is 0.573 e. The fourth-order valence-corrected chi connectivity index (χ4v) is 4.41. The van der Waals surface area contributed by atoms with Gasteiger partial charge in [-0.2, -0.15) is 5.10 Å². The summed E-state index contributed by atoms with van der Waals surface area (Å²) in [5.74, 6) is -0.953. The molecule has 2 aromatic rings. The van der Waals surface area contributed by atoms with Crippen LogP contribution in [0.2, 0.25) is 0 Å². The van der Waals surface area contributed by atoms with Crippen molar-refractivity contribution in [1.82, 2.24) is 18.7 Å². The van der Waals surface area contributed by atoms with Gasteiger partial charge in [0.15, 0.2) is 0 Å². The molecule has 0 aliphatic carbocycles. The molecule has 10 nitrogen and oxygen atoms in total. The number of rotatable bonds is 6. The number of piperidine rings is 1. The van der Waals surface area contributed by atoms with Crippen LogP contribution in [-0.2, 0) is 28.4 Å². The number of benzene rings is 1. The minimum atomic E-state index is -4.82. The Balaban J connectivity index is 1.68. The Hall–Kier alpha value is -2.87. The summed E-state index contributed by atoms with van der Waals surface area (Å²) >= 11 is 0. The average molecular weight is 477 g/mol. The second-order valence-electron chi connectivity index (χ2n) is 7.44. The van der Waals surface area contributed by atoms with E-state index in [1.807, 2.05) is 0 Å². The van der Waals surface area contributed by atoms with Crippen molar-refractivity contribution in [3.8, 4) is 5.75 Å². The van der Waals surface area contributed by atoms with E-state index in [1.165, 1.54) is 28.1 Å². The first-order chi connectivity index (χ1) is 14.8. The Morgan fingerprint density at radius 3 is 2.53 bits per heavy atom. The number of hydrogen-bond donors (Lipinski definition) is 1. The maximum absolute atomic E-state index is 12.5. The molecule has 1 N–H and O–H groups in total. The van der Waals surface area contributed by atoms with Crippen LogP contribution in [0.1, 0.15) is 24.6 Å². The van der Waals surface area contributed by atoms with Gasteiger partial charge in [0.2, 0.25) is 15.9 Å².